The minimum atomic E-state index is -0.0685. The number of aromatic nitrogens is 2. The summed E-state index contributed by atoms with van der Waals surface area (Å²) < 4.78 is 1.61. The number of fused-ring (bicyclic) bond motifs is 1. The van der Waals surface area contributed by atoms with Crippen molar-refractivity contribution >= 4 is 11.0 Å². The molecule has 0 spiro atoms. The van der Waals surface area contributed by atoms with E-state index in [1.54, 1.807) is 11.6 Å². The van der Waals surface area contributed by atoms with Gasteiger partial charge in [-0.1, -0.05) is 6.07 Å². The average molecular weight is 205 g/mol. The number of nitrogens with two attached hydrogens (primary N) is 1. The number of nitrogens with zero attached hydrogens (tertiary/aromatic N) is 1. The Hall–Kier alpha value is -1.55. The number of nitrogens with one attached hydrogen (secondary N) is 1. The summed E-state index contributed by atoms with van der Waals surface area (Å²) in [4.78, 5) is 14.2. The van der Waals surface area contributed by atoms with E-state index in [2.05, 4.69) is 4.98 Å². The minimum Gasteiger partial charge on any atom is -0.330 e. The number of benzene rings is 1. The van der Waals surface area contributed by atoms with Gasteiger partial charge in [-0.25, -0.2) is 4.79 Å². The first-order valence-electron chi connectivity index (χ1n) is 5.10. The number of hydrogen-bond donors (Lipinski definition) is 2. The van der Waals surface area contributed by atoms with Crippen molar-refractivity contribution in [2.75, 3.05) is 6.54 Å². The molecule has 1 heterocycles. The highest BCUT2D eigenvalue weighted by molar-refractivity contribution is 5.75. The molecule has 2 aromatic rings. The fourth-order valence-electron chi connectivity index (χ4n) is 1.75. The van der Waals surface area contributed by atoms with Crippen LogP contribution in [0.15, 0.2) is 23.0 Å². The van der Waals surface area contributed by atoms with Crippen molar-refractivity contribution in [2.45, 2.75) is 12.8 Å². The molecule has 0 fully saturated rings. The minimum absolute atomic E-state index is 0.0685. The van der Waals surface area contributed by atoms with Gasteiger partial charge < -0.3 is 10.7 Å². The number of aryl methyl sites for hydroxylation is 2. The van der Waals surface area contributed by atoms with Gasteiger partial charge in [-0.2, -0.15) is 0 Å². The zero-order valence-corrected chi connectivity index (χ0v) is 8.79. The molecule has 1 aromatic carbocycles. The Morgan fingerprint density at radius 1 is 1.47 bits per heavy atom. The van der Waals surface area contributed by atoms with E-state index >= 15 is 0 Å². The van der Waals surface area contributed by atoms with Gasteiger partial charge in [0.25, 0.3) is 0 Å². The number of aromatic amines is 1. The van der Waals surface area contributed by atoms with E-state index in [9.17, 15) is 4.79 Å². The molecular weight excluding hydrogens is 190 g/mol. The predicted molar refractivity (Wildman–Crippen MR) is 60.9 cm³/mol. The monoisotopic (exact) mass is 205 g/mol. The summed E-state index contributed by atoms with van der Waals surface area (Å²) in [7, 11) is 1.76. The summed E-state index contributed by atoms with van der Waals surface area (Å²) in [5, 5.41) is 0. The van der Waals surface area contributed by atoms with Gasteiger partial charge in [0.15, 0.2) is 0 Å². The molecule has 3 N–H and O–H groups in total. The molecule has 0 aliphatic heterocycles. The number of hydrogen-bond acceptors (Lipinski definition) is 2. The first-order valence-corrected chi connectivity index (χ1v) is 5.10. The van der Waals surface area contributed by atoms with Gasteiger partial charge in [0.05, 0.1) is 11.0 Å². The first-order chi connectivity index (χ1) is 7.22. The van der Waals surface area contributed by atoms with Gasteiger partial charge >= 0.3 is 5.69 Å². The summed E-state index contributed by atoms with van der Waals surface area (Å²) in [6, 6.07) is 6.04. The fourth-order valence-corrected chi connectivity index (χ4v) is 1.75. The summed E-state index contributed by atoms with van der Waals surface area (Å²) >= 11 is 0. The molecule has 0 saturated heterocycles. The lowest BCUT2D eigenvalue weighted by atomic mass is 10.1. The third-order valence-electron chi connectivity index (χ3n) is 2.64. The lowest BCUT2D eigenvalue weighted by molar-refractivity contribution is 0.833. The van der Waals surface area contributed by atoms with Crippen LogP contribution in [0.4, 0.5) is 0 Å². The summed E-state index contributed by atoms with van der Waals surface area (Å²) in [6.45, 7) is 0.698. The van der Waals surface area contributed by atoms with Crippen molar-refractivity contribution in [2.24, 2.45) is 12.8 Å². The van der Waals surface area contributed by atoms with Gasteiger partial charge in [0.2, 0.25) is 0 Å². The summed E-state index contributed by atoms with van der Waals surface area (Å²) in [6.07, 6.45) is 1.94. The summed E-state index contributed by atoms with van der Waals surface area (Å²) in [5.74, 6) is 0. The Bertz CT molecular complexity index is 524. The highest BCUT2D eigenvalue weighted by atomic mass is 16.1. The smallest absolute Gasteiger partial charge is 0.326 e. The van der Waals surface area contributed by atoms with Crippen LogP contribution in [0, 0.1) is 0 Å². The lowest BCUT2D eigenvalue weighted by Gasteiger charge is -2.00. The standard InChI is InChI=1S/C11H15N3O/c1-14-10-5-4-8(3-2-6-12)7-9(10)13-11(14)15/h4-5,7H,2-3,6,12H2,1H3,(H,13,15). The SMILES string of the molecule is Cn1c(=O)[nH]c2cc(CCCN)ccc21. The molecule has 4 nitrogen and oxygen atoms in total. The Kier molecular flexibility index (Phi) is 2.60. The van der Waals surface area contributed by atoms with E-state index in [0.29, 0.717) is 6.54 Å². The molecule has 0 atom stereocenters. The zero-order valence-electron chi connectivity index (χ0n) is 8.79. The number of imidazole rings is 1. The molecule has 15 heavy (non-hydrogen) atoms. The van der Waals surface area contributed by atoms with Crippen molar-refractivity contribution in [3.8, 4) is 0 Å². The third-order valence-corrected chi connectivity index (χ3v) is 2.64. The van der Waals surface area contributed by atoms with Crippen molar-refractivity contribution in [3.05, 3.63) is 34.2 Å². The maximum absolute atomic E-state index is 11.4. The van der Waals surface area contributed by atoms with Crippen molar-refractivity contribution < 1.29 is 0 Å². The molecule has 0 unspecified atom stereocenters. The molecular formula is C11H15N3O. The van der Waals surface area contributed by atoms with Gasteiger partial charge in [0, 0.05) is 7.05 Å². The topological polar surface area (TPSA) is 63.8 Å². The van der Waals surface area contributed by atoms with Crippen LogP contribution in [0.5, 0.6) is 0 Å². The second-order valence-electron chi connectivity index (χ2n) is 3.73. The molecule has 0 saturated carbocycles. The van der Waals surface area contributed by atoms with Crippen LogP contribution >= 0.6 is 0 Å². The van der Waals surface area contributed by atoms with Crippen LogP contribution in [0.2, 0.25) is 0 Å². The van der Waals surface area contributed by atoms with Gasteiger partial charge in [-0.05, 0) is 37.1 Å². The van der Waals surface area contributed by atoms with Gasteiger partial charge in [0.1, 0.15) is 0 Å². The number of rotatable bonds is 3. The second kappa shape index (κ2) is 3.90. The molecule has 0 radical (unpaired) electrons. The quantitative estimate of drug-likeness (QED) is 0.777. The first kappa shape index (κ1) is 9.98. The Balaban J connectivity index is 2.43. The van der Waals surface area contributed by atoms with Gasteiger partial charge in [-0.15, -0.1) is 0 Å². The van der Waals surface area contributed by atoms with Crippen molar-refractivity contribution in [1.29, 1.82) is 0 Å². The molecule has 0 bridgehead atoms. The molecule has 2 rings (SSSR count). The van der Waals surface area contributed by atoms with Crippen molar-refractivity contribution in [1.82, 2.24) is 9.55 Å². The van der Waals surface area contributed by atoms with Crippen LogP contribution in [0.3, 0.4) is 0 Å². The zero-order chi connectivity index (χ0) is 10.8. The molecule has 1 aromatic heterocycles. The van der Waals surface area contributed by atoms with Crippen LogP contribution in [0.1, 0.15) is 12.0 Å². The Labute approximate surface area is 87.7 Å². The second-order valence-corrected chi connectivity index (χ2v) is 3.73. The molecule has 80 valence electrons. The molecule has 0 amide bonds. The third kappa shape index (κ3) is 1.80. The van der Waals surface area contributed by atoms with E-state index in [4.69, 9.17) is 5.73 Å². The molecule has 4 heteroatoms. The van der Waals surface area contributed by atoms with E-state index < -0.39 is 0 Å². The van der Waals surface area contributed by atoms with Gasteiger partial charge in [-0.3, -0.25) is 4.57 Å². The van der Waals surface area contributed by atoms with Crippen LogP contribution in [-0.4, -0.2) is 16.1 Å². The van der Waals surface area contributed by atoms with Crippen molar-refractivity contribution in [3.63, 3.8) is 0 Å². The fraction of sp³-hybridized carbons (Fsp3) is 0.364. The number of H-pyrrole nitrogens is 1. The van der Waals surface area contributed by atoms with E-state index in [-0.39, 0.29) is 5.69 Å². The van der Waals surface area contributed by atoms with E-state index in [1.807, 2.05) is 18.2 Å². The van der Waals surface area contributed by atoms with Crippen LogP contribution < -0.4 is 11.4 Å². The highest BCUT2D eigenvalue weighted by Gasteiger charge is 2.03. The highest BCUT2D eigenvalue weighted by Crippen LogP contribution is 2.12. The summed E-state index contributed by atoms with van der Waals surface area (Å²) in [5.41, 5.74) is 8.45. The Morgan fingerprint density at radius 2 is 2.27 bits per heavy atom. The molecule has 0 aliphatic rings. The predicted octanol–water partition coefficient (Wildman–Crippen LogP) is 0.758. The molecule has 0 aliphatic carbocycles. The maximum Gasteiger partial charge on any atom is 0.326 e. The van der Waals surface area contributed by atoms with E-state index in [0.717, 1.165) is 23.9 Å². The average Bonchev–Trinajstić information content (AvgIpc) is 2.52. The largest absolute Gasteiger partial charge is 0.330 e. The van der Waals surface area contributed by atoms with Crippen LogP contribution in [-0.2, 0) is 13.5 Å². The maximum atomic E-state index is 11.4. The van der Waals surface area contributed by atoms with E-state index in [1.165, 1.54) is 5.56 Å². The van der Waals surface area contributed by atoms with Crippen LogP contribution in [0.25, 0.3) is 11.0 Å². The Morgan fingerprint density at radius 3 is 3.00 bits per heavy atom. The lowest BCUT2D eigenvalue weighted by Crippen LogP contribution is -2.11. The normalized spacial score (nSPS) is 11.1.